The molecule has 0 amide bonds. The van der Waals surface area contributed by atoms with Gasteiger partial charge in [-0.1, -0.05) is 22.9 Å². The van der Waals surface area contributed by atoms with Gasteiger partial charge < -0.3 is 5.11 Å². The average molecular weight is 308 g/mol. The molecule has 0 saturated carbocycles. The number of fused-ring (bicyclic) bond motifs is 1. The lowest BCUT2D eigenvalue weighted by atomic mass is 9.97. The van der Waals surface area contributed by atoms with Gasteiger partial charge in [-0.15, -0.1) is 0 Å². The maximum atomic E-state index is 11.5. The van der Waals surface area contributed by atoms with Crippen LogP contribution in [0.4, 0.5) is 0 Å². The Morgan fingerprint density at radius 2 is 2.06 bits per heavy atom. The number of aromatic carboxylic acids is 1. The van der Waals surface area contributed by atoms with Crippen LogP contribution >= 0.6 is 15.9 Å². The van der Waals surface area contributed by atoms with Crippen LogP contribution in [0.15, 0.2) is 16.6 Å². The Hall–Kier alpha value is -1.42. The van der Waals surface area contributed by atoms with Crippen LogP contribution in [0.2, 0.25) is 0 Å². The van der Waals surface area contributed by atoms with Crippen molar-refractivity contribution in [3.63, 3.8) is 0 Å². The first-order valence-corrected chi connectivity index (χ1v) is 6.57. The Morgan fingerprint density at radius 3 is 2.61 bits per heavy atom. The first-order valence-electron chi connectivity index (χ1n) is 5.78. The van der Waals surface area contributed by atoms with Gasteiger partial charge in [0.2, 0.25) is 0 Å². The number of hydrogen-bond acceptors (Lipinski definition) is 2. The van der Waals surface area contributed by atoms with Crippen LogP contribution in [0.3, 0.4) is 0 Å². The summed E-state index contributed by atoms with van der Waals surface area (Å²) in [4.78, 5) is 16.1. The smallest absolute Gasteiger partial charge is 0.336 e. The van der Waals surface area contributed by atoms with E-state index in [1.807, 2.05) is 32.9 Å². The van der Waals surface area contributed by atoms with E-state index in [9.17, 15) is 9.90 Å². The third kappa shape index (κ3) is 2.01. The molecule has 0 saturated heterocycles. The third-order valence-electron chi connectivity index (χ3n) is 3.12. The molecule has 94 valence electrons. The van der Waals surface area contributed by atoms with Gasteiger partial charge in [0.1, 0.15) is 0 Å². The minimum atomic E-state index is -0.889. The number of benzene rings is 1. The van der Waals surface area contributed by atoms with Crippen molar-refractivity contribution in [3.05, 3.63) is 39.0 Å². The Labute approximate surface area is 114 Å². The zero-order chi connectivity index (χ0) is 13.4. The van der Waals surface area contributed by atoms with E-state index in [1.165, 1.54) is 0 Å². The molecule has 1 heterocycles. The van der Waals surface area contributed by atoms with Crippen molar-refractivity contribution in [2.24, 2.45) is 0 Å². The monoisotopic (exact) mass is 307 g/mol. The maximum Gasteiger partial charge on any atom is 0.336 e. The van der Waals surface area contributed by atoms with Gasteiger partial charge in [0.15, 0.2) is 0 Å². The lowest BCUT2D eigenvalue weighted by molar-refractivity contribution is 0.0697. The standard InChI is InChI=1S/C14H14BrNO2/c1-4-10-8(3)16-13-7(2)5-9(15)6-11(13)12(10)14(17)18/h5-6H,4H2,1-3H3,(H,17,18). The quantitative estimate of drug-likeness (QED) is 0.916. The summed E-state index contributed by atoms with van der Waals surface area (Å²) < 4.78 is 0.878. The van der Waals surface area contributed by atoms with E-state index < -0.39 is 5.97 Å². The summed E-state index contributed by atoms with van der Waals surface area (Å²) >= 11 is 3.41. The van der Waals surface area contributed by atoms with Gasteiger partial charge in [0, 0.05) is 15.6 Å². The molecule has 1 N–H and O–H groups in total. The van der Waals surface area contributed by atoms with Crippen molar-refractivity contribution in [1.29, 1.82) is 0 Å². The average Bonchev–Trinajstić information content (AvgIpc) is 2.28. The largest absolute Gasteiger partial charge is 0.478 e. The van der Waals surface area contributed by atoms with Gasteiger partial charge in [-0.25, -0.2) is 4.79 Å². The summed E-state index contributed by atoms with van der Waals surface area (Å²) in [6, 6.07) is 3.78. The van der Waals surface area contributed by atoms with Crippen molar-refractivity contribution in [3.8, 4) is 0 Å². The number of pyridine rings is 1. The first-order chi connectivity index (χ1) is 8.45. The lowest BCUT2D eigenvalue weighted by Crippen LogP contribution is -2.07. The molecular formula is C14H14BrNO2. The molecule has 0 radical (unpaired) electrons. The van der Waals surface area contributed by atoms with Crippen molar-refractivity contribution in [2.75, 3.05) is 0 Å². The molecule has 18 heavy (non-hydrogen) atoms. The number of carboxylic acid groups (broad SMARTS) is 1. The molecule has 0 atom stereocenters. The van der Waals surface area contributed by atoms with Crippen molar-refractivity contribution in [2.45, 2.75) is 27.2 Å². The maximum absolute atomic E-state index is 11.5. The second-order valence-electron chi connectivity index (χ2n) is 4.33. The molecule has 0 aliphatic carbocycles. The van der Waals surface area contributed by atoms with E-state index in [1.54, 1.807) is 0 Å². The fourth-order valence-corrected chi connectivity index (χ4v) is 2.90. The fourth-order valence-electron chi connectivity index (χ4n) is 2.33. The summed E-state index contributed by atoms with van der Waals surface area (Å²) in [7, 11) is 0. The van der Waals surface area contributed by atoms with E-state index in [0.29, 0.717) is 17.4 Å². The number of aryl methyl sites for hydroxylation is 2. The summed E-state index contributed by atoms with van der Waals surface area (Å²) in [6.45, 7) is 5.76. The molecule has 0 aliphatic rings. The number of aromatic nitrogens is 1. The number of rotatable bonds is 2. The van der Waals surface area contributed by atoms with Crippen molar-refractivity contribution in [1.82, 2.24) is 4.98 Å². The second kappa shape index (κ2) is 4.69. The Balaban J connectivity index is 3.01. The molecule has 4 heteroatoms. The van der Waals surface area contributed by atoms with Crippen LogP contribution in [0.1, 0.15) is 34.1 Å². The van der Waals surface area contributed by atoms with Gasteiger partial charge >= 0.3 is 5.97 Å². The topological polar surface area (TPSA) is 50.2 Å². The molecule has 1 aromatic carbocycles. The summed E-state index contributed by atoms with van der Waals surface area (Å²) in [6.07, 6.45) is 0.669. The molecule has 2 aromatic rings. The highest BCUT2D eigenvalue weighted by atomic mass is 79.9. The second-order valence-corrected chi connectivity index (χ2v) is 5.24. The summed E-state index contributed by atoms with van der Waals surface area (Å²) in [5.41, 5.74) is 3.74. The predicted molar refractivity (Wildman–Crippen MR) is 75.3 cm³/mol. The van der Waals surface area contributed by atoms with Crippen LogP contribution < -0.4 is 0 Å². The zero-order valence-electron chi connectivity index (χ0n) is 10.5. The van der Waals surface area contributed by atoms with Gasteiger partial charge in [0.05, 0.1) is 11.1 Å². The van der Waals surface area contributed by atoms with E-state index >= 15 is 0 Å². The van der Waals surface area contributed by atoms with E-state index in [0.717, 1.165) is 26.8 Å². The number of hydrogen-bond donors (Lipinski definition) is 1. The van der Waals surface area contributed by atoms with Crippen molar-refractivity contribution >= 4 is 32.8 Å². The van der Waals surface area contributed by atoms with E-state index in [4.69, 9.17) is 0 Å². The molecule has 0 fully saturated rings. The highest BCUT2D eigenvalue weighted by Gasteiger charge is 2.18. The number of nitrogens with zero attached hydrogens (tertiary/aromatic N) is 1. The Morgan fingerprint density at radius 1 is 1.39 bits per heavy atom. The Bertz CT molecular complexity index is 650. The fraction of sp³-hybridized carbons (Fsp3) is 0.286. The highest BCUT2D eigenvalue weighted by molar-refractivity contribution is 9.10. The van der Waals surface area contributed by atoms with Crippen LogP contribution in [-0.4, -0.2) is 16.1 Å². The molecule has 3 nitrogen and oxygen atoms in total. The molecule has 0 spiro atoms. The first kappa shape index (κ1) is 13.0. The SMILES string of the molecule is CCc1c(C)nc2c(C)cc(Br)cc2c1C(=O)O. The van der Waals surface area contributed by atoms with Gasteiger partial charge in [-0.2, -0.15) is 0 Å². The molecule has 0 bridgehead atoms. The molecule has 0 unspecified atom stereocenters. The van der Waals surface area contributed by atoms with E-state index in [-0.39, 0.29) is 0 Å². The normalized spacial score (nSPS) is 10.9. The Kier molecular flexibility index (Phi) is 3.39. The number of halogens is 1. The zero-order valence-corrected chi connectivity index (χ0v) is 12.1. The minimum Gasteiger partial charge on any atom is -0.478 e. The van der Waals surface area contributed by atoms with E-state index in [2.05, 4.69) is 20.9 Å². The van der Waals surface area contributed by atoms with Crippen LogP contribution in [-0.2, 0) is 6.42 Å². The minimum absolute atomic E-state index is 0.379. The molecule has 2 rings (SSSR count). The molecule has 1 aromatic heterocycles. The summed E-state index contributed by atoms with van der Waals surface area (Å²) in [5.74, 6) is -0.889. The van der Waals surface area contributed by atoms with Crippen LogP contribution in [0.25, 0.3) is 10.9 Å². The van der Waals surface area contributed by atoms with Gasteiger partial charge in [0.25, 0.3) is 0 Å². The molecular weight excluding hydrogens is 294 g/mol. The van der Waals surface area contributed by atoms with Crippen molar-refractivity contribution < 1.29 is 9.90 Å². The third-order valence-corrected chi connectivity index (χ3v) is 3.58. The number of carbonyl (C=O) groups is 1. The lowest BCUT2D eigenvalue weighted by Gasteiger charge is -2.13. The predicted octanol–water partition coefficient (Wildman–Crippen LogP) is 3.87. The number of carboxylic acids is 1. The highest BCUT2D eigenvalue weighted by Crippen LogP contribution is 2.29. The summed E-state index contributed by atoms with van der Waals surface area (Å²) in [5, 5.41) is 10.2. The van der Waals surface area contributed by atoms with Gasteiger partial charge in [-0.05, 0) is 43.5 Å². The van der Waals surface area contributed by atoms with Crippen LogP contribution in [0, 0.1) is 13.8 Å². The van der Waals surface area contributed by atoms with Gasteiger partial charge in [-0.3, -0.25) is 4.98 Å². The molecule has 0 aliphatic heterocycles. The van der Waals surface area contributed by atoms with Crippen LogP contribution in [0.5, 0.6) is 0 Å².